The van der Waals surface area contributed by atoms with E-state index in [1.165, 1.54) is 0 Å². The predicted octanol–water partition coefficient (Wildman–Crippen LogP) is 2.58. The van der Waals surface area contributed by atoms with Gasteiger partial charge in [-0.15, -0.1) is 0 Å². The molecule has 0 unspecified atom stereocenters. The Hall–Kier alpha value is -1.90. The van der Waals surface area contributed by atoms with E-state index in [0.717, 1.165) is 17.2 Å². The van der Waals surface area contributed by atoms with Crippen molar-refractivity contribution in [3.8, 4) is 11.5 Å². The molecule has 1 aliphatic rings. The first-order chi connectivity index (χ1) is 6.86. The molecule has 14 heavy (non-hydrogen) atoms. The number of ether oxygens (including phenoxy) is 1. The van der Waals surface area contributed by atoms with Crippen LogP contribution in [0.5, 0.6) is 11.5 Å². The Morgan fingerprint density at radius 1 is 1.07 bits per heavy atom. The van der Waals surface area contributed by atoms with E-state index in [1.54, 1.807) is 18.6 Å². The third kappa shape index (κ3) is 2.29. The van der Waals surface area contributed by atoms with Gasteiger partial charge in [0, 0.05) is 18.6 Å². The van der Waals surface area contributed by atoms with Gasteiger partial charge in [0.25, 0.3) is 0 Å². The topological polar surface area (TPSA) is 38.3 Å². The van der Waals surface area contributed by atoms with E-state index in [0.29, 0.717) is 0 Å². The number of benzene rings is 1. The fraction of sp³-hybridized carbons (Fsp3) is 0.0909. The van der Waals surface area contributed by atoms with E-state index in [-0.39, 0.29) is 0 Å². The molecule has 2 heterocycles. The third-order valence-corrected chi connectivity index (χ3v) is 1.72. The molecule has 70 valence electrons. The zero-order valence-electron chi connectivity index (χ0n) is 7.84. The van der Waals surface area contributed by atoms with Crippen LogP contribution in [0.3, 0.4) is 0 Å². The summed E-state index contributed by atoms with van der Waals surface area (Å²) in [6.45, 7) is 1.91. The first-order valence-electron chi connectivity index (χ1n) is 4.36. The minimum atomic E-state index is 0.961. The second kappa shape index (κ2) is 3.87. The molecule has 0 fully saturated rings. The van der Waals surface area contributed by atoms with E-state index in [9.17, 15) is 0 Å². The van der Waals surface area contributed by atoms with Gasteiger partial charge in [-0.05, 0) is 19.1 Å². The summed E-state index contributed by atoms with van der Waals surface area (Å²) in [5.74, 6) is 2.06. The molecule has 0 bridgehead atoms. The van der Waals surface area contributed by atoms with Crippen LogP contribution in [0.25, 0.3) is 0 Å². The van der Waals surface area contributed by atoms with Crippen molar-refractivity contribution in [1.82, 2.24) is 9.97 Å². The molecule has 3 heteroatoms. The van der Waals surface area contributed by atoms with Crippen molar-refractivity contribution in [3.05, 3.63) is 48.5 Å². The van der Waals surface area contributed by atoms with Crippen LogP contribution in [0.2, 0.25) is 0 Å². The lowest BCUT2D eigenvalue weighted by Gasteiger charge is -1.81. The van der Waals surface area contributed by atoms with Crippen LogP contribution in [0.1, 0.15) is 5.69 Å². The van der Waals surface area contributed by atoms with E-state index in [2.05, 4.69) is 9.97 Å². The second-order valence-corrected chi connectivity index (χ2v) is 2.90. The summed E-state index contributed by atoms with van der Waals surface area (Å²) in [7, 11) is 0. The second-order valence-electron chi connectivity index (χ2n) is 2.90. The highest BCUT2D eigenvalue weighted by atomic mass is 16.6. The molecule has 0 aliphatic carbocycles. The van der Waals surface area contributed by atoms with Crippen molar-refractivity contribution in [2.24, 2.45) is 0 Å². The van der Waals surface area contributed by atoms with Gasteiger partial charge >= 0.3 is 0 Å². The zero-order chi connectivity index (χ0) is 9.80. The highest BCUT2D eigenvalue weighted by molar-refractivity contribution is 5.53. The number of nitrogens with zero attached hydrogens (tertiary/aromatic N) is 2. The SMILES string of the molecule is Cc1cnccn1.c1ccc2c(c1)O2. The Kier molecular flexibility index (Phi) is 2.40. The molecule has 0 radical (unpaired) electrons. The zero-order valence-corrected chi connectivity index (χ0v) is 7.84. The Bertz CT molecular complexity index is 382. The molecule has 3 rings (SSSR count). The van der Waals surface area contributed by atoms with Crippen molar-refractivity contribution < 1.29 is 4.74 Å². The lowest BCUT2D eigenvalue weighted by molar-refractivity contribution is 0.650. The molecular formula is C11H10N2O. The Balaban J connectivity index is 0.000000107. The summed E-state index contributed by atoms with van der Waals surface area (Å²) in [4.78, 5) is 7.74. The molecule has 1 aromatic heterocycles. The number of para-hydroxylation sites is 2. The number of hydrogen-bond donors (Lipinski definition) is 0. The van der Waals surface area contributed by atoms with Gasteiger partial charge in [0.1, 0.15) is 0 Å². The van der Waals surface area contributed by atoms with Crippen LogP contribution >= 0.6 is 0 Å². The standard InChI is InChI=1S/C6H4O.C5H6N2/c1-2-4-6-5(3-1)7-6;1-5-4-6-2-3-7-5/h1-4H;2-4H,1H3. The molecule has 0 atom stereocenters. The molecule has 0 spiro atoms. The fourth-order valence-electron chi connectivity index (χ4n) is 0.985. The third-order valence-electron chi connectivity index (χ3n) is 1.72. The Labute approximate surface area is 82.4 Å². The van der Waals surface area contributed by atoms with Crippen molar-refractivity contribution in [2.45, 2.75) is 6.92 Å². The van der Waals surface area contributed by atoms with E-state index < -0.39 is 0 Å². The van der Waals surface area contributed by atoms with Crippen molar-refractivity contribution >= 4 is 0 Å². The van der Waals surface area contributed by atoms with Gasteiger partial charge in [0.05, 0.1) is 5.69 Å². The number of rotatable bonds is 0. The quantitative estimate of drug-likeness (QED) is 0.506. The summed E-state index contributed by atoms with van der Waals surface area (Å²) in [6.07, 6.45) is 5.06. The highest BCUT2D eigenvalue weighted by Crippen LogP contribution is 2.43. The normalized spacial score (nSPS) is 10.4. The number of fused-ring (bicyclic) bond motifs is 1. The monoisotopic (exact) mass is 186 g/mol. The summed E-state index contributed by atoms with van der Waals surface area (Å²) < 4.78 is 4.94. The molecule has 1 aliphatic heterocycles. The minimum absolute atomic E-state index is 0.961. The van der Waals surface area contributed by atoms with Crippen LogP contribution in [0.4, 0.5) is 0 Å². The molecule has 0 N–H and O–H groups in total. The molecule has 0 amide bonds. The maximum absolute atomic E-state index is 4.94. The smallest absolute Gasteiger partial charge is 0.170 e. The van der Waals surface area contributed by atoms with E-state index >= 15 is 0 Å². The van der Waals surface area contributed by atoms with Gasteiger partial charge in [0.15, 0.2) is 11.5 Å². The summed E-state index contributed by atoms with van der Waals surface area (Å²) in [6, 6.07) is 7.84. The van der Waals surface area contributed by atoms with Gasteiger partial charge < -0.3 is 4.74 Å². The number of aromatic nitrogens is 2. The molecule has 1 aromatic carbocycles. The average molecular weight is 186 g/mol. The average Bonchev–Trinajstić information content (AvgIpc) is 2.98. The van der Waals surface area contributed by atoms with Gasteiger partial charge in [-0.3, -0.25) is 9.97 Å². The largest absolute Gasteiger partial charge is 0.450 e. The first kappa shape index (κ1) is 8.69. The predicted molar refractivity (Wildman–Crippen MR) is 53.3 cm³/mol. The number of aryl methyl sites for hydroxylation is 1. The lowest BCUT2D eigenvalue weighted by atomic mass is 10.4. The van der Waals surface area contributed by atoms with Crippen molar-refractivity contribution in [1.29, 1.82) is 0 Å². The van der Waals surface area contributed by atoms with E-state index in [1.807, 2.05) is 31.2 Å². The van der Waals surface area contributed by atoms with Crippen molar-refractivity contribution in [3.63, 3.8) is 0 Å². The Morgan fingerprint density at radius 2 is 1.79 bits per heavy atom. The van der Waals surface area contributed by atoms with Crippen LogP contribution in [0.15, 0.2) is 42.9 Å². The molecule has 0 saturated carbocycles. The first-order valence-corrected chi connectivity index (χ1v) is 4.36. The van der Waals surface area contributed by atoms with Crippen LogP contribution in [-0.4, -0.2) is 9.97 Å². The summed E-state index contributed by atoms with van der Waals surface area (Å²) in [5, 5.41) is 0. The Morgan fingerprint density at radius 3 is 2.14 bits per heavy atom. The van der Waals surface area contributed by atoms with Gasteiger partial charge in [0.2, 0.25) is 0 Å². The van der Waals surface area contributed by atoms with Gasteiger partial charge in [-0.25, -0.2) is 0 Å². The van der Waals surface area contributed by atoms with Crippen molar-refractivity contribution in [2.75, 3.05) is 0 Å². The molecule has 3 nitrogen and oxygen atoms in total. The van der Waals surface area contributed by atoms with E-state index in [4.69, 9.17) is 4.74 Å². The highest BCUT2D eigenvalue weighted by Gasteiger charge is 2.15. The van der Waals surface area contributed by atoms with Crippen LogP contribution < -0.4 is 4.74 Å². The maximum Gasteiger partial charge on any atom is 0.170 e. The summed E-state index contributed by atoms with van der Waals surface area (Å²) in [5.41, 5.74) is 0.961. The minimum Gasteiger partial charge on any atom is -0.450 e. The van der Waals surface area contributed by atoms with Gasteiger partial charge in [-0.2, -0.15) is 0 Å². The molecular weight excluding hydrogens is 176 g/mol. The molecule has 2 aromatic rings. The lowest BCUT2D eigenvalue weighted by Crippen LogP contribution is -1.77. The van der Waals surface area contributed by atoms with Crippen LogP contribution in [-0.2, 0) is 0 Å². The summed E-state index contributed by atoms with van der Waals surface area (Å²) >= 11 is 0. The van der Waals surface area contributed by atoms with Gasteiger partial charge in [-0.1, -0.05) is 12.1 Å². The van der Waals surface area contributed by atoms with Crippen LogP contribution in [0, 0.1) is 6.92 Å². The maximum atomic E-state index is 4.94. The fourth-order valence-corrected chi connectivity index (χ4v) is 0.985. The molecule has 0 saturated heterocycles. The number of hydrogen-bond acceptors (Lipinski definition) is 3.